The first-order valence-electron chi connectivity index (χ1n) is 5.73. The molecule has 19 heavy (non-hydrogen) atoms. The van der Waals surface area contributed by atoms with Crippen LogP contribution in [0.15, 0.2) is 22.7 Å². The van der Waals surface area contributed by atoms with Gasteiger partial charge in [0.1, 0.15) is 5.60 Å². The summed E-state index contributed by atoms with van der Waals surface area (Å²) in [6, 6.07) is 4.43. The molecule has 1 amide bonds. The van der Waals surface area contributed by atoms with Gasteiger partial charge >= 0.3 is 5.97 Å². The first-order valence-corrected chi connectivity index (χ1v) is 6.52. The summed E-state index contributed by atoms with van der Waals surface area (Å²) in [6.07, 6.45) is 0.506. The lowest BCUT2D eigenvalue weighted by atomic mass is 10.0. The van der Waals surface area contributed by atoms with Gasteiger partial charge in [-0.2, -0.15) is 0 Å². The smallest absolute Gasteiger partial charge is 0.335 e. The molecule has 6 heteroatoms. The van der Waals surface area contributed by atoms with Crippen LogP contribution in [-0.2, 0) is 9.53 Å². The summed E-state index contributed by atoms with van der Waals surface area (Å²) in [7, 11) is 1.46. The van der Waals surface area contributed by atoms with Crippen molar-refractivity contribution < 1.29 is 19.4 Å². The van der Waals surface area contributed by atoms with E-state index in [9.17, 15) is 9.59 Å². The molecular formula is C13H16BrNO4. The van der Waals surface area contributed by atoms with E-state index >= 15 is 0 Å². The SMILES string of the molecule is CCC(C)(OC)C(=O)Nc1cc(C(=O)O)ccc1Br. The Hall–Kier alpha value is -1.40. The fourth-order valence-corrected chi connectivity index (χ4v) is 1.75. The maximum absolute atomic E-state index is 12.1. The number of carboxylic acids is 1. The monoisotopic (exact) mass is 329 g/mol. The summed E-state index contributed by atoms with van der Waals surface area (Å²) in [5.41, 5.74) is -0.436. The summed E-state index contributed by atoms with van der Waals surface area (Å²) in [5, 5.41) is 11.6. The Morgan fingerprint density at radius 1 is 1.47 bits per heavy atom. The van der Waals surface area contributed by atoms with Crippen LogP contribution in [0.25, 0.3) is 0 Å². The Morgan fingerprint density at radius 2 is 2.11 bits per heavy atom. The fourth-order valence-electron chi connectivity index (χ4n) is 1.41. The zero-order valence-corrected chi connectivity index (χ0v) is 12.6. The molecule has 1 atom stereocenters. The van der Waals surface area contributed by atoms with Gasteiger partial charge in [0.2, 0.25) is 0 Å². The predicted molar refractivity (Wildman–Crippen MR) is 75.4 cm³/mol. The van der Waals surface area contributed by atoms with Crippen molar-refractivity contribution in [1.29, 1.82) is 0 Å². The molecule has 2 N–H and O–H groups in total. The highest BCUT2D eigenvalue weighted by Gasteiger charge is 2.31. The van der Waals surface area contributed by atoms with E-state index < -0.39 is 11.6 Å². The maximum Gasteiger partial charge on any atom is 0.335 e. The van der Waals surface area contributed by atoms with Crippen molar-refractivity contribution in [2.45, 2.75) is 25.9 Å². The molecule has 0 aliphatic rings. The normalized spacial score (nSPS) is 13.7. The third-order valence-electron chi connectivity index (χ3n) is 3.07. The van der Waals surface area contributed by atoms with Crippen molar-refractivity contribution >= 4 is 33.5 Å². The fraction of sp³-hybridized carbons (Fsp3) is 0.385. The number of hydrogen-bond acceptors (Lipinski definition) is 3. The van der Waals surface area contributed by atoms with Crippen LogP contribution in [-0.4, -0.2) is 29.7 Å². The number of benzene rings is 1. The lowest BCUT2D eigenvalue weighted by molar-refractivity contribution is -0.136. The quantitative estimate of drug-likeness (QED) is 0.870. The van der Waals surface area contributed by atoms with Gasteiger partial charge < -0.3 is 15.2 Å². The average molecular weight is 330 g/mol. The maximum atomic E-state index is 12.1. The van der Waals surface area contributed by atoms with Crippen molar-refractivity contribution in [3.63, 3.8) is 0 Å². The van der Waals surface area contributed by atoms with E-state index in [1.165, 1.54) is 19.2 Å². The molecule has 1 aromatic rings. The van der Waals surface area contributed by atoms with Gasteiger partial charge in [0.15, 0.2) is 0 Å². The van der Waals surface area contributed by atoms with Gasteiger partial charge in [0, 0.05) is 11.6 Å². The zero-order valence-electron chi connectivity index (χ0n) is 11.0. The zero-order chi connectivity index (χ0) is 14.6. The van der Waals surface area contributed by atoms with Gasteiger partial charge in [-0.25, -0.2) is 4.79 Å². The summed E-state index contributed by atoms with van der Waals surface area (Å²) >= 11 is 3.27. The van der Waals surface area contributed by atoms with Crippen LogP contribution in [0, 0.1) is 0 Å². The number of methoxy groups -OCH3 is 1. The minimum Gasteiger partial charge on any atom is -0.478 e. The highest BCUT2D eigenvalue weighted by Crippen LogP contribution is 2.26. The minimum absolute atomic E-state index is 0.106. The number of hydrogen-bond donors (Lipinski definition) is 2. The predicted octanol–water partition coefficient (Wildman–Crippen LogP) is 2.90. The third kappa shape index (κ3) is 3.54. The summed E-state index contributed by atoms with van der Waals surface area (Å²) in [4.78, 5) is 23.0. The molecule has 1 unspecified atom stereocenters. The number of halogens is 1. The molecule has 0 saturated carbocycles. The molecule has 5 nitrogen and oxygen atoms in total. The van der Waals surface area contributed by atoms with E-state index in [2.05, 4.69) is 21.2 Å². The molecule has 0 fully saturated rings. The van der Waals surface area contributed by atoms with E-state index in [1.54, 1.807) is 13.0 Å². The molecular weight excluding hydrogens is 314 g/mol. The molecule has 0 aromatic heterocycles. The van der Waals surface area contributed by atoms with Crippen molar-refractivity contribution in [3.05, 3.63) is 28.2 Å². The Bertz CT molecular complexity index is 497. The number of anilines is 1. The number of rotatable bonds is 5. The van der Waals surface area contributed by atoms with Crippen LogP contribution in [0.5, 0.6) is 0 Å². The molecule has 0 bridgehead atoms. The Balaban J connectivity index is 3.02. The van der Waals surface area contributed by atoms with Crippen LogP contribution in [0.3, 0.4) is 0 Å². The first-order chi connectivity index (χ1) is 8.84. The van der Waals surface area contributed by atoms with Crippen LogP contribution < -0.4 is 5.32 Å². The van der Waals surface area contributed by atoms with Gasteiger partial charge in [-0.1, -0.05) is 6.92 Å². The minimum atomic E-state index is -1.05. The Labute approximate surface area is 120 Å². The summed E-state index contributed by atoms with van der Waals surface area (Å²) < 4.78 is 5.81. The second-order valence-corrected chi connectivity index (χ2v) is 5.10. The molecule has 0 heterocycles. The van der Waals surface area contributed by atoms with Gasteiger partial charge in [-0.3, -0.25) is 4.79 Å². The molecule has 104 valence electrons. The van der Waals surface area contributed by atoms with Gasteiger partial charge in [0.05, 0.1) is 11.3 Å². The van der Waals surface area contributed by atoms with E-state index in [0.717, 1.165) is 0 Å². The number of ether oxygens (including phenoxy) is 1. The number of carbonyl (C=O) groups excluding carboxylic acids is 1. The summed E-state index contributed by atoms with van der Waals surface area (Å²) in [6.45, 7) is 3.52. The van der Waals surface area contributed by atoms with Crippen LogP contribution in [0.4, 0.5) is 5.69 Å². The molecule has 0 spiro atoms. The van der Waals surface area contributed by atoms with E-state index in [0.29, 0.717) is 16.6 Å². The second-order valence-electron chi connectivity index (χ2n) is 4.24. The molecule has 1 rings (SSSR count). The number of aromatic carboxylic acids is 1. The van der Waals surface area contributed by atoms with Crippen LogP contribution >= 0.6 is 15.9 Å². The number of carboxylic acid groups (broad SMARTS) is 1. The largest absolute Gasteiger partial charge is 0.478 e. The lowest BCUT2D eigenvalue weighted by Crippen LogP contribution is -2.41. The first kappa shape index (κ1) is 15.7. The number of amides is 1. The van der Waals surface area contributed by atoms with E-state index in [4.69, 9.17) is 9.84 Å². The Morgan fingerprint density at radius 3 is 2.58 bits per heavy atom. The van der Waals surface area contributed by atoms with Gasteiger partial charge in [-0.15, -0.1) is 0 Å². The van der Waals surface area contributed by atoms with Gasteiger partial charge in [-0.05, 0) is 47.5 Å². The standard InChI is InChI=1S/C13H16BrNO4/c1-4-13(2,19-3)12(18)15-10-7-8(11(16)17)5-6-9(10)14/h5-7H,4H2,1-3H3,(H,15,18)(H,16,17). The van der Waals surface area contributed by atoms with Crippen molar-refractivity contribution in [2.75, 3.05) is 12.4 Å². The van der Waals surface area contributed by atoms with Crippen LogP contribution in [0.2, 0.25) is 0 Å². The van der Waals surface area contributed by atoms with E-state index in [-0.39, 0.29) is 11.5 Å². The number of nitrogens with one attached hydrogen (secondary N) is 1. The van der Waals surface area contributed by atoms with Crippen molar-refractivity contribution in [3.8, 4) is 0 Å². The average Bonchev–Trinajstić information content (AvgIpc) is 2.39. The Kier molecular flexibility index (Phi) is 5.08. The molecule has 0 aliphatic carbocycles. The van der Waals surface area contributed by atoms with Crippen molar-refractivity contribution in [1.82, 2.24) is 0 Å². The molecule has 0 aliphatic heterocycles. The molecule has 0 saturated heterocycles. The van der Waals surface area contributed by atoms with Crippen molar-refractivity contribution in [2.24, 2.45) is 0 Å². The number of carbonyl (C=O) groups is 2. The second kappa shape index (κ2) is 6.16. The topological polar surface area (TPSA) is 75.6 Å². The third-order valence-corrected chi connectivity index (χ3v) is 3.76. The lowest BCUT2D eigenvalue weighted by Gasteiger charge is -2.25. The van der Waals surface area contributed by atoms with Gasteiger partial charge in [0.25, 0.3) is 5.91 Å². The highest BCUT2D eigenvalue weighted by molar-refractivity contribution is 9.10. The van der Waals surface area contributed by atoms with E-state index in [1.807, 2.05) is 6.92 Å². The summed E-state index contributed by atoms with van der Waals surface area (Å²) in [5.74, 6) is -1.37. The molecule has 1 aromatic carbocycles. The van der Waals surface area contributed by atoms with Crippen LogP contribution in [0.1, 0.15) is 30.6 Å². The highest BCUT2D eigenvalue weighted by atomic mass is 79.9. The molecule has 0 radical (unpaired) electrons.